The Morgan fingerprint density at radius 3 is 2.66 bits per heavy atom. The maximum Gasteiger partial charge on any atom is 0.143 e. The Bertz CT molecular complexity index is 1140. The normalized spacial score (nSPS) is 13.8. The van der Waals surface area contributed by atoms with Gasteiger partial charge in [-0.05, 0) is 61.7 Å². The molecule has 0 aliphatic carbocycles. The summed E-state index contributed by atoms with van der Waals surface area (Å²) in [7, 11) is 1.62. The third-order valence-electron chi connectivity index (χ3n) is 5.23. The summed E-state index contributed by atoms with van der Waals surface area (Å²) in [6, 6.07) is 11.9. The minimum Gasteiger partial charge on any atom is -0.495 e. The number of imidazole rings is 1. The van der Waals surface area contributed by atoms with Crippen LogP contribution in [0.5, 0.6) is 5.75 Å². The average Bonchev–Trinajstić information content (AvgIpc) is 3.22. The van der Waals surface area contributed by atoms with Gasteiger partial charge in [0, 0.05) is 12.6 Å². The second-order valence-electron chi connectivity index (χ2n) is 7.71. The van der Waals surface area contributed by atoms with Gasteiger partial charge in [-0.3, -0.25) is 4.99 Å². The first-order valence-electron chi connectivity index (χ1n) is 10.3. The van der Waals surface area contributed by atoms with Crippen molar-refractivity contribution < 1.29 is 13.9 Å². The highest BCUT2D eigenvalue weighted by Gasteiger charge is 2.25. The van der Waals surface area contributed by atoms with Gasteiger partial charge in [0.2, 0.25) is 0 Å². The van der Waals surface area contributed by atoms with Gasteiger partial charge in [0.25, 0.3) is 0 Å². The van der Waals surface area contributed by atoms with Gasteiger partial charge in [-0.25, -0.2) is 9.37 Å². The van der Waals surface area contributed by atoms with Gasteiger partial charge in [0.05, 0.1) is 30.4 Å². The highest BCUT2D eigenvalue weighted by atomic mass is 19.1. The van der Waals surface area contributed by atoms with E-state index in [1.54, 1.807) is 31.6 Å². The molecule has 3 aromatic rings. The lowest BCUT2D eigenvalue weighted by Gasteiger charge is -2.25. The molecule has 6 nitrogen and oxygen atoms in total. The number of aliphatic imine (C=N–C) groups is 1. The van der Waals surface area contributed by atoms with Crippen LogP contribution in [0.15, 0.2) is 66.1 Å². The number of aromatic nitrogens is 2. The predicted molar refractivity (Wildman–Crippen MR) is 125 cm³/mol. The summed E-state index contributed by atoms with van der Waals surface area (Å²) in [6.45, 7) is 3.81. The Morgan fingerprint density at radius 2 is 2.03 bits per heavy atom. The van der Waals surface area contributed by atoms with Gasteiger partial charge >= 0.3 is 0 Å². The Labute approximate surface area is 187 Å². The molecule has 2 aromatic carbocycles. The maximum absolute atomic E-state index is 13.4. The lowest BCUT2D eigenvalue weighted by molar-refractivity contribution is -0.108. The SMILES string of the molecule is COc1cc(/C=C/C(N)=NC(C)(CCC=O)c2ccc(F)cc2)ccc1-n1cnc(C)c1. The molecular formula is C25H27FN4O2. The zero-order chi connectivity index (χ0) is 23.1. The molecule has 0 radical (unpaired) electrons. The predicted octanol–water partition coefficient (Wildman–Crippen LogP) is 4.59. The molecule has 2 N–H and O–H groups in total. The molecule has 0 spiro atoms. The standard InChI is InChI=1S/C25H27FN4O2/c1-18-16-30(17-28-18)22-11-5-19(15-23(22)32-3)6-12-24(27)29-25(2,13-4-14-31)20-7-9-21(26)10-8-20/h5-12,14-17H,4,13H2,1-3H3,(H2,27,29)/b12-6+. The first-order valence-corrected chi connectivity index (χ1v) is 10.3. The molecule has 7 heteroatoms. The fraction of sp³-hybridized carbons (Fsp3) is 0.240. The van der Waals surface area contributed by atoms with Crippen molar-refractivity contribution in [2.75, 3.05) is 7.11 Å². The van der Waals surface area contributed by atoms with Gasteiger partial charge < -0.3 is 19.8 Å². The number of hydrogen-bond donors (Lipinski definition) is 1. The van der Waals surface area contributed by atoms with E-state index in [1.807, 2.05) is 48.9 Å². The number of rotatable bonds is 9. The number of amidine groups is 1. The number of aldehydes is 1. The number of carbonyl (C=O) groups is 1. The third kappa shape index (κ3) is 5.49. The van der Waals surface area contributed by atoms with E-state index in [1.165, 1.54) is 12.1 Å². The zero-order valence-electron chi connectivity index (χ0n) is 18.5. The largest absolute Gasteiger partial charge is 0.495 e. The summed E-state index contributed by atoms with van der Waals surface area (Å²) in [4.78, 5) is 19.9. The highest BCUT2D eigenvalue weighted by molar-refractivity contribution is 5.95. The van der Waals surface area contributed by atoms with Gasteiger partial charge in [0.1, 0.15) is 23.7 Å². The van der Waals surface area contributed by atoms with Gasteiger partial charge in [0.15, 0.2) is 0 Å². The molecule has 0 saturated carbocycles. The van der Waals surface area contributed by atoms with E-state index in [0.717, 1.165) is 28.8 Å². The summed E-state index contributed by atoms with van der Waals surface area (Å²) >= 11 is 0. The monoisotopic (exact) mass is 434 g/mol. The molecule has 0 bridgehead atoms. The van der Waals surface area contributed by atoms with E-state index in [2.05, 4.69) is 9.98 Å². The topological polar surface area (TPSA) is 82.5 Å². The summed E-state index contributed by atoms with van der Waals surface area (Å²) in [5.74, 6) is 0.671. The van der Waals surface area contributed by atoms with Gasteiger partial charge in [-0.15, -0.1) is 0 Å². The van der Waals surface area contributed by atoms with Crippen LogP contribution in [0.25, 0.3) is 11.8 Å². The number of benzene rings is 2. The first-order chi connectivity index (χ1) is 15.3. The van der Waals surface area contributed by atoms with Crippen molar-refractivity contribution >= 4 is 18.2 Å². The number of nitrogens with zero attached hydrogens (tertiary/aromatic N) is 3. The number of carbonyl (C=O) groups excluding carboxylic acids is 1. The first kappa shape index (κ1) is 22.9. The molecule has 1 unspecified atom stereocenters. The van der Waals surface area contributed by atoms with E-state index < -0.39 is 5.54 Å². The number of methoxy groups -OCH3 is 1. The zero-order valence-corrected chi connectivity index (χ0v) is 18.5. The van der Waals surface area contributed by atoms with Crippen LogP contribution in [0.3, 0.4) is 0 Å². The van der Waals surface area contributed by atoms with Crippen LogP contribution >= 0.6 is 0 Å². The lowest BCUT2D eigenvalue weighted by atomic mass is 9.88. The molecule has 166 valence electrons. The molecule has 0 aliphatic rings. The molecule has 3 rings (SSSR count). The van der Waals surface area contributed by atoms with Crippen molar-refractivity contribution in [1.82, 2.24) is 9.55 Å². The van der Waals surface area contributed by atoms with Crippen molar-refractivity contribution in [2.24, 2.45) is 10.7 Å². The van der Waals surface area contributed by atoms with Crippen LogP contribution in [0.1, 0.15) is 36.6 Å². The van der Waals surface area contributed by atoms with Crippen LogP contribution in [0.2, 0.25) is 0 Å². The van der Waals surface area contributed by atoms with Crippen LogP contribution in [0.4, 0.5) is 4.39 Å². The second kappa shape index (κ2) is 10.0. The molecule has 32 heavy (non-hydrogen) atoms. The van der Waals surface area contributed by atoms with Crippen LogP contribution in [-0.4, -0.2) is 28.8 Å². The molecule has 1 aromatic heterocycles. The van der Waals surface area contributed by atoms with Gasteiger partial charge in [-0.1, -0.05) is 24.3 Å². The Morgan fingerprint density at radius 1 is 1.28 bits per heavy atom. The van der Waals surface area contributed by atoms with Crippen molar-refractivity contribution in [1.29, 1.82) is 0 Å². The minimum absolute atomic E-state index is 0.302. The summed E-state index contributed by atoms with van der Waals surface area (Å²) in [5, 5.41) is 0. The van der Waals surface area contributed by atoms with Crippen molar-refractivity contribution in [3.8, 4) is 11.4 Å². The highest BCUT2D eigenvalue weighted by Crippen LogP contribution is 2.31. The molecule has 0 saturated heterocycles. The minimum atomic E-state index is -0.746. The maximum atomic E-state index is 13.4. The average molecular weight is 435 g/mol. The number of hydrogen-bond acceptors (Lipinski definition) is 4. The Kier molecular flexibility index (Phi) is 7.20. The summed E-state index contributed by atoms with van der Waals surface area (Å²) in [6.07, 6.45) is 8.84. The summed E-state index contributed by atoms with van der Waals surface area (Å²) in [5.41, 5.74) is 8.92. The molecule has 0 amide bonds. The van der Waals surface area contributed by atoms with Crippen LogP contribution < -0.4 is 10.5 Å². The summed E-state index contributed by atoms with van der Waals surface area (Å²) < 4.78 is 20.8. The smallest absolute Gasteiger partial charge is 0.143 e. The molecule has 0 fully saturated rings. The van der Waals surface area contributed by atoms with Crippen molar-refractivity contribution in [3.05, 3.63) is 83.7 Å². The van der Waals surface area contributed by atoms with Crippen molar-refractivity contribution in [3.63, 3.8) is 0 Å². The number of nitrogens with two attached hydrogens (primary N) is 1. The Balaban J connectivity index is 1.86. The molecule has 1 atom stereocenters. The fourth-order valence-electron chi connectivity index (χ4n) is 3.48. The van der Waals surface area contributed by atoms with E-state index in [9.17, 15) is 9.18 Å². The number of ether oxygens (including phenoxy) is 1. The van der Waals surface area contributed by atoms with E-state index in [0.29, 0.717) is 24.4 Å². The lowest BCUT2D eigenvalue weighted by Crippen LogP contribution is -2.24. The van der Waals surface area contributed by atoms with E-state index in [4.69, 9.17) is 10.5 Å². The fourth-order valence-corrected chi connectivity index (χ4v) is 3.48. The van der Waals surface area contributed by atoms with E-state index in [-0.39, 0.29) is 5.82 Å². The quantitative estimate of drug-likeness (QED) is 0.303. The van der Waals surface area contributed by atoms with E-state index >= 15 is 0 Å². The molecular weight excluding hydrogens is 407 g/mol. The Hall–Kier alpha value is -3.74. The third-order valence-corrected chi connectivity index (χ3v) is 5.23. The van der Waals surface area contributed by atoms with Crippen LogP contribution in [-0.2, 0) is 10.3 Å². The molecule has 1 heterocycles. The number of halogens is 1. The van der Waals surface area contributed by atoms with Gasteiger partial charge in [-0.2, -0.15) is 0 Å². The molecule has 0 aliphatic heterocycles. The second-order valence-corrected chi connectivity index (χ2v) is 7.71. The van der Waals surface area contributed by atoms with Crippen molar-refractivity contribution in [2.45, 2.75) is 32.2 Å². The number of aryl methyl sites for hydroxylation is 1. The van der Waals surface area contributed by atoms with Crippen LogP contribution in [0, 0.1) is 12.7 Å².